The Balaban J connectivity index is 2.30. The number of aryl methyl sites for hydroxylation is 1. The molecule has 6 heteroatoms. The van der Waals surface area contributed by atoms with E-state index in [-0.39, 0.29) is 5.56 Å². The average molecular weight is 297 g/mol. The zero-order chi connectivity index (χ0) is 14.0. The number of nitrogens with zero attached hydrogens (tertiary/aromatic N) is 1. The van der Waals surface area contributed by atoms with Crippen LogP contribution >= 0.6 is 23.4 Å². The van der Waals surface area contributed by atoms with E-state index in [2.05, 4.69) is 9.97 Å². The quantitative estimate of drug-likeness (QED) is 0.855. The largest absolute Gasteiger partial charge is 0.389 e. The molecule has 0 radical (unpaired) electrons. The summed E-state index contributed by atoms with van der Waals surface area (Å²) < 4.78 is 0. The van der Waals surface area contributed by atoms with Gasteiger partial charge in [-0.15, -0.1) is 0 Å². The summed E-state index contributed by atoms with van der Waals surface area (Å²) in [6.07, 6.45) is -0.562. The molecule has 2 N–H and O–H groups in total. The minimum absolute atomic E-state index is 0.188. The van der Waals surface area contributed by atoms with Gasteiger partial charge in [-0.1, -0.05) is 29.4 Å². The standard InChI is InChI=1S/C13H13ClN2O2S/c1-7-5-12(18)16-13(15-7)19-11-4-3-9(8(2)17)6-10(11)14/h3-6,8,17H,1-2H3,(H,15,16,18)/t8-/m0/s1. The maximum Gasteiger partial charge on any atom is 0.251 e. The lowest BCUT2D eigenvalue weighted by molar-refractivity contribution is 0.199. The first kappa shape index (κ1) is 14.1. The maximum absolute atomic E-state index is 11.4. The number of halogens is 1. The Kier molecular flexibility index (Phi) is 4.29. The molecule has 1 aromatic heterocycles. The molecule has 2 rings (SSSR count). The van der Waals surface area contributed by atoms with Gasteiger partial charge in [0.1, 0.15) is 0 Å². The van der Waals surface area contributed by atoms with Crippen molar-refractivity contribution in [2.75, 3.05) is 0 Å². The van der Waals surface area contributed by atoms with Crippen molar-refractivity contribution in [2.24, 2.45) is 0 Å². The first-order chi connectivity index (χ1) is 8.95. The third-order valence-electron chi connectivity index (χ3n) is 2.49. The summed E-state index contributed by atoms with van der Waals surface area (Å²) in [4.78, 5) is 19.0. The van der Waals surface area contributed by atoms with Gasteiger partial charge in [-0.2, -0.15) is 0 Å². The first-order valence-electron chi connectivity index (χ1n) is 5.69. The van der Waals surface area contributed by atoms with Crippen molar-refractivity contribution in [1.82, 2.24) is 9.97 Å². The lowest BCUT2D eigenvalue weighted by atomic mass is 10.1. The Bertz CT molecular complexity index is 655. The Morgan fingerprint density at radius 1 is 1.42 bits per heavy atom. The van der Waals surface area contributed by atoms with Crippen LogP contribution in [0.4, 0.5) is 0 Å². The summed E-state index contributed by atoms with van der Waals surface area (Å²) in [7, 11) is 0. The molecule has 0 unspecified atom stereocenters. The molecule has 0 spiro atoms. The van der Waals surface area contributed by atoms with Gasteiger partial charge in [0.15, 0.2) is 5.16 Å². The van der Waals surface area contributed by atoms with Crippen LogP contribution in [0, 0.1) is 6.92 Å². The summed E-state index contributed by atoms with van der Waals surface area (Å²) in [6, 6.07) is 6.74. The van der Waals surface area contributed by atoms with Gasteiger partial charge in [-0.25, -0.2) is 4.98 Å². The maximum atomic E-state index is 11.4. The molecule has 19 heavy (non-hydrogen) atoms. The minimum Gasteiger partial charge on any atom is -0.389 e. The van der Waals surface area contributed by atoms with E-state index in [0.717, 1.165) is 10.5 Å². The molecule has 1 atom stereocenters. The van der Waals surface area contributed by atoms with Crippen molar-refractivity contribution < 1.29 is 5.11 Å². The van der Waals surface area contributed by atoms with Gasteiger partial charge in [0, 0.05) is 16.7 Å². The molecule has 1 aromatic carbocycles. The zero-order valence-electron chi connectivity index (χ0n) is 10.5. The summed E-state index contributed by atoms with van der Waals surface area (Å²) >= 11 is 7.43. The highest BCUT2D eigenvalue weighted by molar-refractivity contribution is 7.99. The van der Waals surface area contributed by atoms with Crippen LogP contribution in [0.5, 0.6) is 0 Å². The highest BCUT2D eigenvalue weighted by Gasteiger charge is 2.08. The molecule has 0 bridgehead atoms. The third kappa shape index (κ3) is 3.59. The monoisotopic (exact) mass is 296 g/mol. The van der Waals surface area contributed by atoms with E-state index in [1.54, 1.807) is 32.0 Å². The van der Waals surface area contributed by atoms with Crippen molar-refractivity contribution in [3.8, 4) is 0 Å². The van der Waals surface area contributed by atoms with Gasteiger partial charge >= 0.3 is 0 Å². The molecule has 0 aliphatic carbocycles. The molecule has 4 nitrogen and oxygen atoms in total. The highest BCUT2D eigenvalue weighted by Crippen LogP contribution is 2.32. The number of H-pyrrole nitrogens is 1. The van der Waals surface area contributed by atoms with Crippen LogP contribution < -0.4 is 5.56 Å². The predicted molar refractivity (Wildman–Crippen MR) is 75.8 cm³/mol. The van der Waals surface area contributed by atoms with E-state index < -0.39 is 6.10 Å². The lowest BCUT2D eigenvalue weighted by Crippen LogP contribution is -2.07. The number of hydrogen-bond donors (Lipinski definition) is 2. The van der Waals surface area contributed by atoms with Crippen molar-refractivity contribution in [1.29, 1.82) is 0 Å². The molecule has 0 saturated heterocycles. The normalized spacial score (nSPS) is 12.4. The Hall–Kier alpha value is -1.30. The topological polar surface area (TPSA) is 66.0 Å². The number of aromatic amines is 1. The van der Waals surface area contributed by atoms with Crippen molar-refractivity contribution in [3.05, 3.63) is 50.9 Å². The molecule has 2 aromatic rings. The summed E-state index contributed by atoms with van der Waals surface area (Å²) in [5.74, 6) is 0. The van der Waals surface area contributed by atoms with Gasteiger partial charge in [-0.05, 0) is 31.5 Å². The second kappa shape index (κ2) is 5.77. The molecule has 0 fully saturated rings. The molecule has 0 aliphatic heterocycles. The molecule has 0 aliphatic rings. The van der Waals surface area contributed by atoms with E-state index in [1.807, 2.05) is 0 Å². The van der Waals surface area contributed by atoms with E-state index in [4.69, 9.17) is 11.6 Å². The van der Waals surface area contributed by atoms with Crippen LogP contribution in [0.1, 0.15) is 24.3 Å². The number of nitrogens with one attached hydrogen (secondary N) is 1. The molecule has 0 amide bonds. The van der Waals surface area contributed by atoms with Gasteiger partial charge in [0.25, 0.3) is 5.56 Å². The van der Waals surface area contributed by atoms with Crippen LogP contribution in [-0.2, 0) is 0 Å². The van der Waals surface area contributed by atoms with E-state index in [9.17, 15) is 9.90 Å². The Labute approximate surface area is 119 Å². The number of hydrogen-bond acceptors (Lipinski definition) is 4. The van der Waals surface area contributed by atoms with Gasteiger partial charge in [0.05, 0.1) is 11.1 Å². The summed E-state index contributed by atoms with van der Waals surface area (Å²) in [5.41, 5.74) is 1.22. The number of benzene rings is 1. The van der Waals surface area contributed by atoms with Crippen LogP contribution in [0.15, 0.2) is 39.1 Å². The lowest BCUT2D eigenvalue weighted by Gasteiger charge is -2.08. The fraction of sp³-hybridized carbons (Fsp3) is 0.231. The van der Waals surface area contributed by atoms with Crippen LogP contribution in [0.2, 0.25) is 5.02 Å². The highest BCUT2D eigenvalue weighted by atomic mass is 35.5. The van der Waals surface area contributed by atoms with Crippen molar-refractivity contribution >= 4 is 23.4 Å². The second-order valence-corrected chi connectivity index (χ2v) is 5.60. The number of aromatic nitrogens is 2. The average Bonchev–Trinajstić information content (AvgIpc) is 2.30. The smallest absolute Gasteiger partial charge is 0.251 e. The van der Waals surface area contributed by atoms with Crippen LogP contribution in [0.25, 0.3) is 0 Å². The first-order valence-corrected chi connectivity index (χ1v) is 6.88. The molecular weight excluding hydrogens is 284 g/mol. The summed E-state index contributed by atoms with van der Waals surface area (Å²) in [6.45, 7) is 3.44. The molecule has 0 saturated carbocycles. The summed E-state index contributed by atoms with van der Waals surface area (Å²) in [5, 5.41) is 10.5. The van der Waals surface area contributed by atoms with Gasteiger partial charge < -0.3 is 10.1 Å². The SMILES string of the molecule is Cc1cc(=O)[nH]c(Sc2ccc([C@H](C)O)cc2Cl)n1. The predicted octanol–water partition coefficient (Wildman–Crippen LogP) is 2.94. The zero-order valence-corrected chi connectivity index (χ0v) is 12.0. The molecule has 100 valence electrons. The minimum atomic E-state index is -0.562. The Morgan fingerprint density at radius 3 is 2.74 bits per heavy atom. The van der Waals surface area contributed by atoms with Crippen LogP contribution in [-0.4, -0.2) is 15.1 Å². The van der Waals surface area contributed by atoms with Crippen molar-refractivity contribution in [3.63, 3.8) is 0 Å². The van der Waals surface area contributed by atoms with Gasteiger partial charge in [-0.3, -0.25) is 4.79 Å². The third-order valence-corrected chi connectivity index (χ3v) is 3.88. The van der Waals surface area contributed by atoms with Crippen molar-refractivity contribution in [2.45, 2.75) is 30.0 Å². The number of aliphatic hydroxyl groups is 1. The molecule has 1 heterocycles. The van der Waals surface area contributed by atoms with Crippen LogP contribution in [0.3, 0.4) is 0 Å². The fourth-order valence-corrected chi connectivity index (χ4v) is 2.71. The molecular formula is C13H13ClN2O2S. The van der Waals surface area contributed by atoms with E-state index in [0.29, 0.717) is 15.9 Å². The number of rotatable bonds is 3. The second-order valence-electron chi connectivity index (χ2n) is 4.16. The van der Waals surface area contributed by atoms with E-state index in [1.165, 1.54) is 17.8 Å². The fourth-order valence-electron chi connectivity index (χ4n) is 1.56. The van der Waals surface area contributed by atoms with E-state index >= 15 is 0 Å². The Morgan fingerprint density at radius 2 is 2.16 bits per heavy atom. The number of aliphatic hydroxyl groups excluding tert-OH is 1. The van der Waals surface area contributed by atoms with Gasteiger partial charge in [0.2, 0.25) is 0 Å².